The second-order valence-electron chi connectivity index (χ2n) is 4.71. The van der Waals surface area contributed by atoms with Crippen molar-refractivity contribution in [1.82, 2.24) is 4.98 Å². The minimum absolute atomic E-state index is 0.0579. The van der Waals surface area contributed by atoms with E-state index in [0.717, 1.165) is 22.2 Å². The number of hydrogen-bond acceptors (Lipinski definition) is 3. The molecule has 2 aromatic rings. The van der Waals surface area contributed by atoms with E-state index in [1.807, 2.05) is 24.3 Å². The van der Waals surface area contributed by atoms with Gasteiger partial charge in [0, 0.05) is 23.0 Å². The molecule has 0 spiro atoms. The van der Waals surface area contributed by atoms with Gasteiger partial charge in [0.25, 0.3) is 0 Å². The summed E-state index contributed by atoms with van der Waals surface area (Å²) in [5, 5.41) is 1.10. The lowest BCUT2D eigenvalue weighted by Gasteiger charge is -2.19. The minimum Gasteiger partial charge on any atom is -0.465 e. The number of H-pyrrole nitrogens is 1. The van der Waals surface area contributed by atoms with E-state index in [9.17, 15) is 9.59 Å². The SMILES string of the molecule is CCOC(=O)C1C(=O)CCc2c1[nH]c1ccccc21. The first-order valence-corrected chi connectivity index (χ1v) is 6.51. The number of fused-ring (bicyclic) bond motifs is 3. The number of benzene rings is 1. The fourth-order valence-electron chi connectivity index (χ4n) is 2.77. The lowest BCUT2D eigenvalue weighted by atomic mass is 9.85. The summed E-state index contributed by atoms with van der Waals surface area (Å²) in [4.78, 5) is 27.2. The Morgan fingerprint density at radius 3 is 2.95 bits per heavy atom. The number of rotatable bonds is 2. The Kier molecular flexibility index (Phi) is 2.85. The molecule has 4 nitrogen and oxygen atoms in total. The molecule has 0 fully saturated rings. The Hall–Kier alpha value is -2.10. The van der Waals surface area contributed by atoms with Crippen LogP contribution in [0.25, 0.3) is 10.9 Å². The molecule has 1 N–H and O–H groups in total. The molecular weight excluding hydrogens is 242 g/mol. The van der Waals surface area contributed by atoms with Crippen LogP contribution in [0.2, 0.25) is 0 Å². The number of esters is 1. The highest BCUT2D eigenvalue weighted by molar-refractivity contribution is 6.07. The molecular formula is C15H15NO3. The van der Waals surface area contributed by atoms with E-state index in [0.29, 0.717) is 12.8 Å². The maximum absolute atomic E-state index is 12.0. The number of ketones is 1. The highest BCUT2D eigenvalue weighted by atomic mass is 16.5. The summed E-state index contributed by atoms with van der Waals surface area (Å²) in [7, 11) is 0. The molecule has 0 amide bonds. The fraction of sp³-hybridized carbons (Fsp3) is 0.333. The third-order valence-electron chi connectivity index (χ3n) is 3.60. The molecule has 98 valence electrons. The number of ether oxygens (including phenoxy) is 1. The van der Waals surface area contributed by atoms with E-state index in [1.165, 1.54) is 0 Å². The molecule has 4 heteroatoms. The van der Waals surface area contributed by atoms with Crippen LogP contribution in [0.3, 0.4) is 0 Å². The summed E-state index contributed by atoms with van der Waals surface area (Å²) in [6.45, 7) is 2.04. The number of aromatic nitrogens is 1. The first kappa shape index (κ1) is 12.0. The fourth-order valence-corrected chi connectivity index (χ4v) is 2.77. The Labute approximate surface area is 110 Å². The minimum atomic E-state index is -0.781. The van der Waals surface area contributed by atoms with E-state index in [4.69, 9.17) is 4.74 Å². The highest BCUT2D eigenvalue weighted by Gasteiger charge is 2.36. The van der Waals surface area contributed by atoms with E-state index in [-0.39, 0.29) is 12.4 Å². The molecule has 19 heavy (non-hydrogen) atoms. The van der Waals surface area contributed by atoms with Crippen molar-refractivity contribution in [1.29, 1.82) is 0 Å². The Morgan fingerprint density at radius 1 is 1.37 bits per heavy atom. The van der Waals surface area contributed by atoms with E-state index >= 15 is 0 Å². The average Bonchev–Trinajstić information content (AvgIpc) is 2.76. The summed E-state index contributed by atoms with van der Waals surface area (Å²) in [5.74, 6) is -1.28. The molecule has 1 aliphatic carbocycles. The molecule has 0 aliphatic heterocycles. The number of nitrogens with one attached hydrogen (secondary N) is 1. The molecule has 1 aromatic carbocycles. The zero-order chi connectivity index (χ0) is 13.4. The van der Waals surface area contributed by atoms with Gasteiger partial charge in [-0.3, -0.25) is 9.59 Å². The first-order chi connectivity index (χ1) is 9.22. The molecule has 1 unspecified atom stereocenters. The van der Waals surface area contributed by atoms with E-state index < -0.39 is 11.9 Å². The third kappa shape index (κ3) is 1.84. The van der Waals surface area contributed by atoms with Gasteiger partial charge >= 0.3 is 5.97 Å². The van der Waals surface area contributed by atoms with Crippen LogP contribution in [-0.4, -0.2) is 23.3 Å². The lowest BCUT2D eigenvalue weighted by molar-refractivity contribution is -0.148. The Bertz CT molecular complexity index is 656. The van der Waals surface area contributed by atoms with Crippen molar-refractivity contribution in [2.45, 2.75) is 25.7 Å². The van der Waals surface area contributed by atoms with Crippen LogP contribution < -0.4 is 0 Å². The second kappa shape index (κ2) is 4.53. The van der Waals surface area contributed by atoms with Gasteiger partial charge in [0.15, 0.2) is 11.7 Å². The van der Waals surface area contributed by atoms with E-state index in [1.54, 1.807) is 6.92 Å². The number of Topliss-reactive ketones (excluding diaryl/α,β-unsaturated/α-hetero) is 1. The Balaban J connectivity index is 2.14. The van der Waals surface area contributed by atoms with Crippen LogP contribution in [-0.2, 0) is 20.7 Å². The van der Waals surface area contributed by atoms with Gasteiger partial charge < -0.3 is 9.72 Å². The maximum Gasteiger partial charge on any atom is 0.322 e. The standard InChI is InChI=1S/C15H15NO3/c1-2-19-15(18)13-12(17)8-7-10-9-5-3-4-6-11(9)16-14(10)13/h3-6,13,16H,2,7-8H2,1H3. The van der Waals surface area contributed by atoms with Crippen LogP contribution in [0.1, 0.15) is 30.5 Å². The predicted molar refractivity (Wildman–Crippen MR) is 71.0 cm³/mol. The van der Waals surface area contributed by atoms with Crippen molar-refractivity contribution in [2.75, 3.05) is 6.61 Å². The predicted octanol–water partition coefficient (Wildman–Crippen LogP) is 2.33. The summed E-state index contributed by atoms with van der Waals surface area (Å²) in [6, 6.07) is 7.88. The van der Waals surface area contributed by atoms with Gasteiger partial charge in [-0.2, -0.15) is 0 Å². The van der Waals surface area contributed by atoms with E-state index in [2.05, 4.69) is 4.98 Å². The van der Waals surface area contributed by atoms with Gasteiger partial charge in [-0.25, -0.2) is 0 Å². The molecule has 1 heterocycles. The third-order valence-corrected chi connectivity index (χ3v) is 3.60. The number of hydrogen-bond donors (Lipinski definition) is 1. The number of carbonyl (C=O) groups is 2. The summed E-state index contributed by atoms with van der Waals surface area (Å²) < 4.78 is 5.02. The normalized spacial score (nSPS) is 18.4. The molecule has 0 radical (unpaired) electrons. The molecule has 1 aromatic heterocycles. The second-order valence-corrected chi connectivity index (χ2v) is 4.71. The van der Waals surface area contributed by atoms with Crippen molar-refractivity contribution >= 4 is 22.7 Å². The molecule has 0 saturated heterocycles. The van der Waals surface area contributed by atoms with Crippen molar-refractivity contribution in [3.8, 4) is 0 Å². The summed E-state index contributed by atoms with van der Waals surface area (Å²) >= 11 is 0. The summed E-state index contributed by atoms with van der Waals surface area (Å²) in [5.41, 5.74) is 2.76. The molecule has 3 rings (SSSR count). The number of para-hydroxylation sites is 1. The quantitative estimate of drug-likeness (QED) is 0.663. The summed E-state index contributed by atoms with van der Waals surface area (Å²) in [6.07, 6.45) is 1.09. The van der Waals surface area contributed by atoms with Crippen molar-refractivity contribution < 1.29 is 14.3 Å². The number of aryl methyl sites for hydroxylation is 1. The van der Waals surface area contributed by atoms with Crippen LogP contribution in [0.15, 0.2) is 24.3 Å². The Morgan fingerprint density at radius 2 is 2.16 bits per heavy atom. The molecule has 0 saturated carbocycles. The van der Waals surface area contributed by atoms with Gasteiger partial charge in [0.1, 0.15) is 0 Å². The van der Waals surface area contributed by atoms with Crippen LogP contribution in [0.5, 0.6) is 0 Å². The topological polar surface area (TPSA) is 59.2 Å². The zero-order valence-corrected chi connectivity index (χ0v) is 10.7. The lowest BCUT2D eigenvalue weighted by Crippen LogP contribution is -2.28. The average molecular weight is 257 g/mol. The first-order valence-electron chi connectivity index (χ1n) is 6.51. The maximum atomic E-state index is 12.0. The van der Waals surface area contributed by atoms with Gasteiger partial charge in [0.2, 0.25) is 0 Å². The largest absolute Gasteiger partial charge is 0.465 e. The number of carbonyl (C=O) groups excluding carboxylic acids is 2. The smallest absolute Gasteiger partial charge is 0.322 e. The molecule has 1 atom stereocenters. The van der Waals surface area contributed by atoms with Gasteiger partial charge in [0.05, 0.1) is 6.61 Å². The van der Waals surface area contributed by atoms with Crippen LogP contribution in [0.4, 0.5) is 0 Å². The van der Waals surface area contributed by atoms with Crippen LogP contribution >= 0.6 is 0 Å². The molecule has 1 aliphatic rings. The van der Waals surface area contributed by atoms with Gasteiger partial charge in [-0.1, -0.05) is 18.2 Å². The van der Waals surface area contributed by atoms with Gasteiger partial charge in [-0.15, -0.1) is 0 Å². The number of aromatic amines is 1. The van der Waals surface area contributed by atoms with Crippen molar-refractivity contribution in [2.24, 2.45) is 0 Å². The zero-order valence-electron chi connectivity index (χ0n) is 10.7. The van der Waals surface area contributed by atoms with Gasteiger partial charge in [-0.05, 0) is 25.0 Å². The van der Waals surface area contributed by atoms with Crippen molar-refractivity contribution in [3.05, 3.63) is 35.5 Å². The molecule has 0 bridgehead atoms. The van der Waals surface area contributed by atoms with Crippen molar-refractivity contribution in [3.63, 3.8) is 0 Å². The van der Waals surface area contributed by atoms with Crippen LogP contribution in [0, 0.1) is 0 Å². The monoisotopic (exact) mass is 257 g/mol. The highest BCUT2D eigenvalue weighted by Crippen LogP contribution is 2.34.